The lowest BCUT2D eigenvalue weighted by Gasteiger charge is -2.18. The summed E-state index contributed by atoms with van der Waals surface area (Å²) in [5, 5.41) is 5.96. The number of hydrogen-bond donors (Lipinski definition) is 2. The molecule has 1 saturated heterocycles. The van der Waals surface area contributed by atoms with E-state index in [1.807, 2.05) is 25.2 Å². The third-order valence-corrected chi connectivity index (χ3v) is 3.36. The zero-order chi connectivity index (χ0) is 14.4. The van der Waals surface area contributed by atoms with Gasteiger partial charge in [0.25, 0.3) is 5.91 Å². The van der Waals surface area contributed by atoms with Crippen LogP contribution in [0.15, 0.2) is 18.2 Å². The molecule has 20 heavy (non-hydrogen) atoms. The molecule has 5 nitrogen and oxygen atoms in total. The Bertz CT molecular complexity index is 462. The summed E-state index contributed by atoms with van der Waals surface area (Å²) in [4.78, 5) is 11.9. The van der Waals surface area contributed by atoms with E-state index in [1.54, 1.807) is 7.11 Å². The molecule has 1 amide bonds. The summed E-state index contributed by atoms with van der Waals surface area (Å²) in [6.07, 6.45) is 2.31. The maximum atomic E-state index is 11.9. The minimum atomic E-state index is -0.429. The van der Waals surface area contributed by atoms with Gasteiger partial charge in [-0.2, -0.15) is 0 Å². The Morgan fingerprint density at radius 3 is 2.95 bits per heavy atom. The molecular weight excluding hydrogens is 256 g/mol. The van der Waals surface area contributed by atoms with Gasteiger partial charge in [0.05, 0.1) is 7.11 Å². The second-order valence-electron chi connectivity index (χ2n) is 4.91. The predicted octanol–water partition coefficient (Wildman–Crippen LogP) is 1.46. The van der Waals surface area contributed by atoms with Gasteiger partial charge in [-0.3, -0.25) is 4.79 Å². The Morgan fingerprint density at radius 1 is 1.35 bits per heavy atom. The van der Waals surface area contributed by atoms with E-state index in [0.29, 0.717) is 11.5 Å². The monoisotopic (exact) mass is 278 g/mol. The first-order valence-corrected chi connectivity index (χ1v) is 7.00. The molecule has 5 heteroatoms. The standard InChI is InChI=1S/C15H22N2O3/c1-16-10-11-6-7-12(14(9-11)19-2)20-13-5-3-4-8-17-15(13)18/h6-7,9,13,16H,3-5,8,10H2,1-2H3,(H,17,18). The van der Waals surface area contributed by atoms with Crippen LogP contribution >= 0.6 is 0 Å². The van der Waals surface area contributed by atoms with Crippen molar-refractivity contribution in [2.24, 2.45) is 0 Å². The van der Waals surface area contributed by atoms with Crippen molar-refractivity contribution in [2.45, 2.75) is 31.9 Å². The average molecular weight is 278 g/mol. The smallest absolute Gasteiger partial charge is 0.261 e. The van der Waals surface area contributed by atoms with Crippen LogP contribution < -0.4 is 20.1 Å². The lowest BCUT2D eigenvalue weighted by atomic mass is 10.1. The molecule has 1 aliphatic rings. The molecule has 0 aliphatic carbocycles. The summed E-state index contributed by atoms with van der Waals surface area (Å²) >= 11 is 0. The van der Waals surface area contributed by atoms with Gasteiger partial charge < -0.3 is 20.1 Å². The highest BCUT2D eigenvalue weighted by atomic mass is 16.5. The molecule has 110 valence electrons. The number of rotatable bonds is 5. The molecule has 1 atom stereocenters. The molecule has 1 aliphatic heterocycles. The molecule has 0 radical (unpaired) electrons. The predicted molar refractivity (Wildman–Crippen MR) is 77.0 cm³/mol. The fourth-order valence-electron chi connectivity index (χ4n) is 2.30. The average Bonchev–Trinajstić information content (AvgIpc) is 2.66. The summed E-state index contributed by atoms with van der Waals surface area (Å²) < 4.78 is 11.2. The van der Waals surface area contributed by atoms with E-state index < -0.39 is 6.10 Å². The Morgan fingerprint density at radius 2 is 2.20 bits per heavy atom. The van der Waals surface area contributed by atoms with E-state index in [4.69, 9.17) is 9.47 Å². The van der Waals surface area contributed by atoms with E-state index in [-0.39, 0.29) is 5.91 Å². The van der Waals surface area contributed by atoms with Gasteiger partial charge in [0.15, 0.2) is 17.6 Å². The quantitative estimate of drug-likeness (QED) is 0.856. The van der Waals surface area contributed by atoms with Gasteiger partial charge in [-0.1, -0.05) is 6.07 Å². The third kappa shape index (κ3) is 3.63. The highest BCUT2D eigenvalue weighted by Gasteiger charge is 2.23. The summed E-state index contributed by atoms with van der Waals surface area (Å²) in [5.74, 6) is 1.24. The normalized spacial score (nSPS) is 19.1. The van der Waals surface area contributed by atoms with Crippen LogP contribution in [0.3, 0.4) is 0 Å². The van der Waals surface area contributed by atoms with E-state index in [1.165, 1.54) is 0 Å². The molecular formula is C15H22N2O3. The Labute approximate surface area is 119 Å². The molecule has 0 saturated carbocycles. The van der Waals surface area contributed by atoms with Crippen molar-refractivity contribution in [3.8, 4) is 11.5 Å². The van der Waals surface area contributed by atoms with Gasteiger partial charge in [0.2, 0.25) is 0 Å². The van der Waals surface area contributed by atoms with Crippen LogP contribution in [-0.4, -0.2) is 32.7 Å². The molecule has 1 aromatic rings. The van der Waals surface area contributed by atoms with Crippen molar-refractivity contribution < 1.29 is 14.3 Å². The Kier molecular flexibility index (Phi) is 5.24. The van der Waals surface area contributed by atoms with Gasteiger partial charge in [-0.25, -0.2) is 0 Å². The largest absolute Gasteiger partial charge is 0.493 e. The van der Waals surface area contributed by atoms with Gasteiger partial charge in [-0.05, 0) is 44.0 Å². The number of carbonyl (C=O) groups excluding carboxylic acids is 1. The number of nitrogens with one attached hydrogen (secondary N) is 2. The van der Waals surface area contributed by atoms with Crippen molar-refractivity contribution in [1.82, 2.24) is 10.6 Å². The molecule has 2 rings (SSSR count). The molecule has 2 N–H and O–H groups in total. The number of carbonyl (C=O) groups is 1. The van der Waals surface area contributed by atoms with E-state index in [2.05, 4.69) is 10.6 Å². The molecule has 0 spiro atoms. The zero-order valence-electron chi connectivity index (χ0n) is 12.1. The van der Waals surface area contributed by atoms with Crippen LogP contribution in [0.5, 0.6) is 11.5 Å². The summed E-state index contributed by atoms with van der Waals surface area (Å²) in [5.41, 5.74) is 1.11. The minimum Gasteiger partial charge on any atom is -0.493 e. The molecule has 1 unspecified atom stereocenters. The Hall–Kier alpha value is -1.75. The number of hydrogen-bond acceptors (Lipinski definition) is 4. The van der Waals surface area contributed by atoms with Crippen molar-refractivity contribution >= 4 is 5.91 Å². The second kappa shape index (κ2) is 7.14. The number of benzene rings is 1. The highest BCUT2D eigenvalue weighted by molar-refractivity contribution is 5.81. The highest BCUT2D eigenvalue weighted by Crippen LogP contribution is 2.30. The maximum absolute atomic E-state index is 11.9. The van der Waals surface area contributed by atoms with Crippen LogP contribution in [-0.2, 0) is 11.3 Å². The van der Waals surface area contributed by atoms with Gasteiger partial charge in [0.1, 0.15) is 0 Å². The number of ether oxygens (including phenoxy) is 2. The third-order valence-electron chi connectivity index (χ3n) is 3.36. The number of amides is 1. The van der Waals surface area contributed by atoms with Crippen LogP contribution in [0.1, 0.15) is 24.8 Å². The van der Waals surface area contributed by atoms with E-state index >= 15 is 0 Å². The van der Waals surface area contributed by atoms with E-state index in [0.717, 1.165) is 37.9 Å². The van der Waals surface area contributed by atoms with Gasteiger partial charge in [0, 0.05) is 13.1 Å². The molecule has 0 bridgehead atoms. The first-order valence-electron chi connectivity index (χ1n) is 7.00. The molecule has 1 aromatic carbocycles. The van der Waals surface area contributed by atoms with E-state index in [9.17, 15) is 4.79 Å². The van der Waals surface area contributed by atoms with Crippen molar-refractivity contribution in [3.05, 3.63) is 23.8 Å². The first kappa shape index (κ1) is 14.7. The minimum absolute atomic E-state index is 0.0381. The van der Waals surface area contributed by atoms with Crippen LogP contribution in [0.25, 0.3) is 0 Å². The second-order valence-corrected chi connectivity index (χ2v) is 4.91. The fraction of sp³-hybridized carbons (Fsp3) is 0.533. The Balaban J connectivity index is 2.13. The SMILES string of the molecule is CNCc1ccc(OC2CCCCNC2=O)c(OC)c1. The van der Waals surface area contributed by atoms with Crippen LogP contribution in [0.2, 0.25) is 0 Å². The zero-order valence-corrected chi connectivity index (χ0v) is 12.1. The first-order chi connectivity index (χ1) is 9.74. The molecule has 1 fully saturated rings. The fourth-order valence-corrected chi connectivity index (χ4v) is 2.30. The molecule has 1 heterocycles. The summed E-state index contributed by atoms with van der Waals surface area (Å²) in [6, 6.07) is 5.77. The van der Waals surface area contributed by atoms with Gasteiger partial charge >= 0.3 is 0 Å². The maximum Gasteiger partial charge on any atom is 0.261 e. The van der Waals surface area contributed by atoms with Crippen LogP contribution in [0.4, 0.5) is 0 Å². The summed E-state index contributed by atoms with van der Waals surface area (Å²) in [6.45, 7) is 1.50. The lowest BCUT2D eigenvalue weighted by Crippen LogP contribution is -2.36. The topological polar surface area (TPSA) is 59.6 Å². The van der Waals surface area contributed by atoms with Crippen molar-refractivity contribution in [1.29, 1.82) is 0 Å². The number of methoxy groups -OCH3 is 1. The van der Waals surface area contributed by atoms with Gasteiger partial charge in [-0.15, -0.1) is 0 Å². The van der Waals surface area contributed by atoms with Crippen LogP contribution in [0, 0.1) is 0 Å². The molecule has 0 aromatic heterocycles. The van der Waals surface area contributed by atoms with Crippen molar-refractivity contribution in [3.63, 3.8) is 0 Å². The summed E-state index contributed by atoms with van der Waals surface area (Å²) in [7, 11) is 3.51. The van der Waals surface area contributed by atoms with Crippen molar-refractivity contribution in [2.75, 3.05) is 20.7 Å². The lowest BCUT2D eigenvalue weighted by molar-refractivity contribution is -0.127.